The zero-order chi connectivity index (χ0) is 31.5. The smallest absolute Gasteiger partial charge is 0.380 e. The molecule has 0 saturated carbocycles. The molecule has 0 aliphatic carbocycles. The third-order valence-electron chi connectivity index (χ3n) is 7.46. The molecule has 1 atom stereocenters. The molecule has 42 heavy (non-hydrogen) atoms. The molecule has 2 aliphatic rings. The van der Waals surface area contributed by atoms with Crippen LogP contribution in [0.3, 0.4) is 0 Å². The van der Waals surface area contributed by atoms with Crippen molar-refractivity contribution in [3.63, 3.8) is 0 Å². The van der Waals surface area contributed by atoms with Gasteiger partial charge in [0.2, 0.25) is 0 Å². The summed E-state index contributed by atoms with van der Waals surface area (Å²) in [4.78, 5) is 4.14. The van der Waals surface area contributed by atoms with Crippen LogP contribution in [0, 0.1) is 19.3 Å². The van der Waals surface area contributed by atoms with Gasteiger partial charge in [-0.05, 0) is 61.6 Å². The lowest BCUT2D eigenvalue weighted by molar-refractivity contribution is -0.143. The average molecular weight is 603 g/mol. The number of aryl methyl sites for hydroxylation is 2. The van der Waals surface area contributed by atoms with Crippen LogP contribution in [-0.2, 0) is 23.6 Å². The van der Waals surface area contributed by atoms with Crippen LogP contribution in [0.1, 0.15) is 59.2 Å². The molecule has 2 heterocycles. The summed E-state index contributed by atoms with van der Waals surface area (Å²) in [6, 6.07) is 5.66. The van der Waals surface area contributed by atoms with Crippen LogP contribution in [0.5, 0.6) is 0 Å². The van der Waals surface area contributed by atoms with Gasteiger partial charge in [0.25, 0.3) is 0 Å². The first-order valence-electron chi connectivity index (χ1n) is 13.6. The average Bonchev–Trinajstić information content (AvgIpc) is 3.04. The molecule has 0 radical (unpaired) electrons. The second-order valence-electron chi connectivity index (χ2n) is 11.5. The Kier molecular flexibility index (Phi) is 10.6. The summed E-state index contributed by atoms with van der Waals surface area (Å²) < 4.78 is 86.1. The van der Waals surface area contributed by atoms with Crippen LogP contribution < -0.4 is 16.5 Å². The van der Waals surface area contributed by atoms with Gasteiger partial charge in [-0.25, -0.2) is 11.0 Å². The monoisotopic (exact) mass is 602 g/mol. The van der Waals surface area contributed by atoms with E-state index in [4.69, 9.17) is 16.3 Å². The highest BCUT2D eigenvalue weighted by Crippen LogP contribution is 2.42. The first-order chi connectivity index (χ1) is 19.5. The summed E-state index contributed by atoms with van der Waals surface area (Å²) in [7, 11) is 1.60. The first-order valence-corrected chi connectivity index (χ1v) is 13.6. The molecule has 7 nitrogen and oxygen atoms in total. The van der Waals surface area contributed by atoms with Crippen molar-refractivity contribution < 1.29 is 31.1 Å². The molecule has 1 unspecified atom stereocenters. The van der Waals surface area contributed by atoms with Gasteiger partial charge in [-0.3, -0.25) is 4.90 Å². The molecule has 1 saturated heterocycles. The van der Waals surface area contributed by atoms with Gasteiger partial charge in [-0.2, -0.15) is 31.4 Å². The van der Waals surface area contributed by atoms with E-state index in [-0.39, 0.29) is 36.3 Å². The van der Waals surface area contributed by atoms with Crippen LogP contribution in [-0.4, -0.2) is 56.8 Å². The zero-order valence-electron chi connectivity index (χ0n) is 24.4. The van der Waals surface area contributed by atoms with Crippen molar-refractivity contribution in [1.29, 1.82) is 0 Å². The summed E-state index contributed by atoms with van der Waals surface area (Å²) in [5, 5.41) is 4.39. The van der Waals surface area contributed by atoms with E-state index in [0.717, 1.165) is 59.1 Å². The van der Waals surface area contributed by atoms with Gasteiger partial charge in [-0.15, -0.1) is 0 Å². The SMILES string of the molecule is C=NN(C)N.Cc1cc(C)c2c(c1)C(N(CN)Cc1cc(C(F)(F)F)cc(C(F)(F)F)c1)CCCN2CC1(C)COC1. The highest BCUT2D eigenvalue weighted by molar-refractivity contribution is 5.63. The van der Waals surface area contributed by atoms with Gasteiger partial charge in [-0.1, -0.05) is 24.6 Å². The van der Waals surface area contributed by atoms with E-state index in [1.807, 2.05) is 13.8 Å². The number of nitrogens with two attached hydrogens (primary N) is 2. The van der Waals surface area contributed by atoms with Gasteiger partial charge in [0, 0.05) is 57.2 Å². The fraction of sp³-hybridized carbons (Fsp3) is 0.552. The van der Waals surface area contributed by atoms with E-state index in [9.17, 15) is 26.3 Å². The molecule has 234 valence electrons. The number of ether oxygens (including phenoxy) is 1. The van der Waals surface area contributed by atoms with Crippen molar-refractivity contribution in [1.82, 2.24) is 10.0 Å². The van der Waals surface area contributed by atoms with Gasteiger partial charge >= 0.3 is 12.4 Å². The Labute approximate surface area is 243 Å². The summed E-state index contributed by atoms with van der Waals surface area (Å²) in [5.74, 6) is 4.90. The van der Waals surface area contributed by atoms with E-state index in [0.29, 0.717) is 19.6 Å². The molecular weight excluding hydrogens is 562 g/mol. The van der Waals surface area contributed by atoms with Crippen LogP contribution in [0.15, 0.2) is 35.4 Å². The molecule has 2 aromatic rings. The number of halogens is 6. The second-order valence-corrected chi connectivity index (χ2v) is 11.5. The fourth-order valence-corrected chi connectivity index (χ4v) is 5.61. The number of hydrazine groups is 1. The minimum absolute atomic E-state index is 0.0136. The number of nitrogens with zero attached hydrogens (tertiary/aromatic N) is 4. The summed E-state index contributed by atoms with van der Waals surface area (Å²) in [6.45, 7) is 12.1. The Bertz CT molecular complexity index is 1200. The lowest BCUT2D eigenvalue weighted by Gasteiger charge is -2.43. The first kappa shape index (κ1) is 33.6. The van der Waals surface area contributed by atoms with Crippen LogP contribution in [0.2, 0.25) is 0 Å². The number of alkyl halides is 6. The van der Waals surface area contributed by atoms with Crippen molar-refractivity contribution in [3.8, 4) is 0 Å². The van der Waals surface area contributed by atoms with Gasteiger partial charge < -0.3 is 15.4 Å². The van der Waals surface area contributed by atoms with E-state index < -0.39 is 23.5 Å². The van der Waals surface area contributed by atoms with Crippen molar-refractivity contribution in [2.45, 2.75) is 58.6 Å². The second kappa shape index (κ2) is 13.2. The van der Waals surface area contributed by atoms with Crippen LogP contribution in [0.4, 0.5) is 32.0 Å². The number of anilines is 1. The Morgan fingerprint density at radius 3 is 2.07 bits per heavy atom. The molecule has 2 aliphatic heterocycles. The molecule has 4 rings (SSSR count). The highest BCUT2D eigenvalue weighted by Gasteiger charge is 2.39. The number of hydrazone groups is 1. The maximum absolute atomic E-state index is 13.4. The van der Waals surface area contributed by atoms with E-state index in [1.165, 1.54) is 0 Å². The Balaban J connectivity index is 0.000000892. The topological polar surface area (TPSA) is 83.3 Å². The molecule has 13 heteroatoms. The largest absolute Gasteiger partial charge is 0.416 e. The summed E-state index contributed by atoms with van der Waals surface area (Å²) in [5.41, 5.74) is 7.64. The van der Waals surface area contributed by atoms with Gasteiger partial charge in [0.1, 0.15) is 0 Å². The number of rotatable bonds is 7. The van der Waals surface area contributed by atoms with Gasteiger partial charge in [0.15, 0.2) is 0 Å². The Morgan fingerprint density at radius 2 is 1.62 bits per heavy atom. The summed E-state index contributed by atoms with van der Waals surface area (Å²) in [6.07, 6.45) is -8.30. The molecule has 0 amide bonds. The van der Waals surface area contributed by atoms with Crippen molar-refractivity contribution >= 4 is 12.4 Å². The molecule has 0 bridgehead atoms. The lowest BCUT2D eigenvalue weighted by atomic mass is 9.87. The number of hydrogen-bond donors (Lipinski definition) is 2. The van der Waals surface area contributed by atoms with E-state index >= 15 is 0 Å². The van der Waals surface area contributed by atoms with Crippen molar-refractivity contribution in [2.75, 3.05) is 44.9 Å². The predicted molar refractivity (Wildman–Crippen MR) is 152 cm³/mol. The number of hydrogen-bond acceptors (Lipinski definition) is 7. The third-order valence-corrected chi connectivity index (χ3v) is 7.46. The Morgan fingerprint density at radius 1 is 1.05 bits per heavy atom. The minimum Gasteiger partial charge on any atom is -0.380 e. The van der Waals surface area contributed by atoms with E-state index in [2.05, 4.69) is 35.8 Å². The zero-order valence-corrected chi connectivity index (χ0v) is 24.4. The van der Waals surface area contributed by atoms with Crippen LogP contribution in [0.25, 0.3) is 0 Å². The predicted octanol–water partition coefficient (Wildman–Crippen LogP) is 5.84. The molecular formula is C29H40F6N6O. The Hall–Kier alpha value is -2.87. The molecule has 1 fully saturated rings. The molecule has 0 spiro atoms. The van der Waals surface area contributed by atoms with Crippen molar-refractivity contribution in [3.05, 3.63) is 63.7 Å². The lowest BCUT2D eigenvalue weighted by Crippen LogP contribution is -2.49. The normalized spacial score (nSPS) is 18.4. The van der Waals surface area contributed by atoms with Gasteiger partial charge in [0.05, 0.1) is 24.3 Å². The standard InChI is InChI=1S/C27H33F6N3O.C2H7N3/c1-17-7-18(2)24-22(8-17)23(5-4-6-35(24)13-25(3)14-37-15-25)36(16-34)12-19-9-20(26(28,29)30)11-21(10-19)27(31,32)33;1-4-5(2)3/h7-11,23H,4-6,12-16,34H2,1-3H3;1,3H2,2H3. The third kappa shape index (κ3) is 8.36. The van der Waals surface area contributed by atoms with Crippen molar-refractivity contribution in [2.24, 2.45) is 22.1 Å². The molecule has 4 N–H and O–H groups in total. The number of benzene rings is 2. The summed E-state index contributed by atoms with van der Waals surface area (Å²) >= 11 is 0. The minimum atomic E-state index is -4.89. The van der Waals surface area contributed by atoms with Crippen LogP contribution >= 0.6 is 0 Å². The van der Waals surface area contributed by atoms with E-state index in [1.54, 1.807) is 11.9 Å². The quantitative estimate of drug-likeness (QED) is 0.136. The fourth-order valence-electron chi connectivity index (χ4n) is 5.61. The highest BCUT2D eigenvalue weighted by atomic mass is 19.4. The maximum Gasteiger partial charge on any atom is 0.416 e. The maximum atomic E-state index is 13.4. The molecule has 0 aromatic heterocycles. The molecule has 2 aromatic carbocycles. The number of fused-ring (bicyclic) bond motifs is 1.